The van der Waals surface area contributed by atoms with Crippen molar-refractivity contribution in [2.24, 2.45) is 0 Å². The number of fused-ring (bicyclic) bond motifs is 1. The van der Waals surface area contributed by atoms with E-state index in [4.69, 9.17) is 4.42 Å². The van der Waals surface area contributed by atoms with E-state index in [0.29, 0.717) is 0 Å². The minimum Gasteiger partial charge on any atom is -0.443 e. The first kappa shape index (κ1) is 8.59. The molecule has 1 heterocycles. The molecule has 1 aromatic carbocycles. The summed E-state index contributed by atoms with van der Waals surface area (Å²) in [5.74, 6) is 0. The van der Waals surface area contributed by atoms with Crippen molar-refractivity contribution in [3.05, 3.63) is 30.2 Å². The smallest absolute Gasteiger partial charge is 0.181 e. The van der Waals surface area contributed by atoms with Gasteiger partial charge >= 0.3 is 0 Å². The summed E-state index contributed by atoms with van der Waals surface area (Å²) in [6, 6.07) is 5.85. The minimum absolute atomic E-state index is 0.0366. The lowest BCUT2D eigenvalue weighted by atomic mass is 10.2. The van der Waals surface area contributed by atoms with E-state index < -0.39 is 0 Å². The molecule has 0 saturated heterocycles. The van der Waals surface area contributed by atoms with Gasteiger partial charge in [-0.15, -0.1) is 0 Å². The first-order valence-corrected chi connectivity index (χ1v) is 4.51. The number of hydrogen-bond acceptors (Lipinski definition) is 4. The highest BCUT2D eigenvalue weighted by molar-refractivity contribution is 7.80. The van der Waals surface area contributed by atoms with Crippen molar-refractivity contribution in [3.63, 3.8) is 0 Å². The fraction of sp³-hybridized carbons (Fsp3) is 0.222. The van der Waals surface area contributed by atoms with Crippen molar-refractivity contribution in [3.8, 4) is 0 Å². The van der Waals surface area contributed by atoms with Crippen LogP contribution >= 0.6 is 12.6 Å². The standard InChI is InChI=1S/C9H10N2OS/c1-10-9(13)6-2-3-7-8(4-6)12-5-11-7/h2-5,9-10,13H,1H3. The molecule has 0 aliphatic carbocycles. The maximum atomic E-state index is 5.18. The highest BCUT2D eigenvalue weighted by Gasteiger charge is 2.05. The van der Waals surface area contributed by atoms with Crippen LogP contribution < -0.4 is 5.32 Å². The maximum Gasteiger partial charge on any atom is 0.181 e. The largest absolute Gasteiger partial charge is 0.443 e. The predicted molar refractivity (Wildman–Crippen MR) is 54.8 cm³/mol. The zero-order valence-electron chi connectivity index (χ0n) is 7.19. The number of hydrogen-bond donors (Lipinski definition) is 2. The fourth-order valence-electron chi connectivity index (χ4n) is 1.21. The van der Waals surface area contributed by atoms with Crippen LogP contribution in [0, 0.1) is 0 Å². The average Bonchev–Trinajstić information content (AvgIpc) is 2.63. The summed E-state index contributed by atoms with van der Waals surface area (Å²) in [6.07, 6.45) is 1.45. The molecule has 4 heteroatoms. The number of benzene rings is 1. The van der Waals surface area contributed by atoms with Crippen LogP contribution in [0.1, 0.15) is 10.9 Å². The van der Waals surface area contributed by atoms with Gasteiger partial charge in [-0.05, 0) is 24.7 Å². The molecule has 0 bridgehead atoms. The van der Waals surface area contributed by atoms with E-state index in [2.05, 4.69) is 22.9 Å². The van der Waals surface area contributed by atoms with Gasteiger partial charge in [-0.25, -0.2) is 4.98 Å². The van der Waals surface area contributed by atoms with Gasteiger partial charge in [-0.2, -0.15) is 12.6 Å². The van der Waals surface area contributed by atoms with E-state index >= 15 is 0 Å². The van der Waals surface area contributed by atoms with Crippen LogP contribution in [0.4, 0.5) is 0 Å². The van der Waals surface area contributed by atoms with Gasteiger partial charge in [0, 0.05) is 0 Å². The lowest BCUT2D eigenvalue weighted by Gasteiger charge is -2.08. The normalized spacial score (nSPS) is 13.4. The van der Waals surface area contributed by atoms with Crippen LogP contribution in [0.25, 0.3) is 11.1 Å². The molecule has 0 aliphatic heterocycles. The van der Waals surface area contributed by atoms with Gasteiger partial charge in [0.15, 0.2) is 12.0 Å². The molecule has 0 saturated carbocycles. The zero-order chi connectivity index (χ0) is 9.26. The van der Waals surface area contributed by atoms with Crippen molar-refractivity contribution in [2.45, 2.75) is 5.37 Å². The van der Waals surface area contributed by atoms with E-state index in [-0.39, 0.29) is 5.37 Å². The third kappa shape index (κ3) is 1.55. The van der Waals surface area contributed by atoms with Gasteiger partial charge in [0.25, 0.3) is 0 Å². The van der Waals surface area contributed by atoms with Crippen molar-refractivity contribution in [1.82, 2.24) is 10.3 Å². The number of aromatic nitrogens is 1. The molecule has 1 N–H and O–H groups in total. The van der Waals surface area contributed by atoms with E-state index in [1.54, 1.807) is 0 Å². The minimum atomic E-state index is 0.0366. The molecule has 0 radical (unpaired) electrons. The van der Waals surface area contributed by atoms with Crippen molar-refractivity contribution >= 4 is 23.7 Å². The molecule has 68 valence electrons. The highest BCUT2D eigenvalue weighted by atomic mass is 32.1. The number of thiol groups is 1. The monoisotopic (exact) mass is 194 g/mol. The Morgan fingerprint density at radius 3 is 3.15 bits per heavy atom. The third-order valence-corrected chi connectivity index (χ3v) is 2.50. The average molecular weight is 194 g/mol. The number of nitrogens with one attached hydrogen (secondary N) is 1. The Hall–Kier alpha value is -1.00. The Morgan fingerprint density at radius 2 is 2.38 bits per heavy atom. The number of rotatable bonds is 2. The third-order valence-electron chi connectivity index (χ3n) is 1.94. The van der Waals surface area contributed by atoms with E-state index in [1.165, 1.54) is 6.39 Å². The first-order valence-electron chi connectivity index (χ1n) is 4.00. The quantitative estimate of drug-likeness (QED) is 0.567. The van der Waals surface area contributed by atoms with E-state index in [0.717, 1.165) is 16.7 Å². The molecular weight excluding hydrogens is 184 g/mol. The summed E-state index contributed by atoms with van der Waals surface area (Å²) in [7, 11) is 1.86. The van der Waals surface area contributed by atoms with Gasteiger partial charge in [0.05, 0.1) is 5.37 Å². The molecule has 13 heavy (non-hydrogen) atoms. The zero-order valence-corrected chi connectivity index (χ0v) is 8.08. The molecule has 0 aliphatic rings. The van der Waals surface area contributed by atoms with E-state index in [1.807, 2.05) is 25.2 Å². The van der Waals surface area contributed by atoms with Gasteiger partial charge in [-0.3, -0.25) is 0 Å². The SMILES string of the molecule is CNC(S)c1ccc2ncoc2c1. The first-order chi connectivity index (χ1) is 6.31. The van der Waals surface area contributed by atoms with Gasteiger partial charge in [-0.1, -0.05) is 6.07 Å². The summed E-state index contributed by atoms with van der Waals surface area (Å²) < 4.78 is 5.18. The van der Waals surface area contributed by atoms with Crippen LogP contribution in [0.3, 0.4) is 0 Å². The Morgan fingerprint density at radius 1 is 1.54 bits per heavy atom. The molecule has 3 nitrogen and oxygen atoms in total. The molecule has 0 fully saturated rings. The van der Waals surface area contributed by atoms with Gasteiger partial charge in [0.2, 0.25) is 0 Å². The fourth-order valence-corrected chi connectivity index (χ4v) is 1.37. The molecule has 0 amide bonds. The molecule has 0 spiro atoms. The Kier molecular flexibility index (Phi) is 2.24. The van der Waals surface area contributed by atoms with Gasteiger partial charge in [0.1, 0.15) is 5.52 Å². The lowest BCUT2D eigenvalue weighted by molar-refractivity contribution is 0.601. The second-order valence-electron chi connectivity index (χ2n) is 2.77. The Labute approximate surface area is 81.6 Å². The summed E-state index contributed by atoms with van der Waals surface area (Å²) >= 11 is 4.35. The number of oxazole rings is 1. The summed E-state index contributed by atoms with van der Waals surface area (Å²) in [5.41, 5.74) is 2.75. The summed E-state index contributed by atoms with van der Waals surface area (Å²) in [5, 5.41) is 3.08. The van der Waals surface area contributed by atoms with Crippen LogP contribution in [0.5, 0.6) is 0 Å². The highest BCUT2D eigenvalue weighted by Crippen LogP contribution is 2.21. The van der Waals surface area contributed by atoms with Crippen LogP contribution in [0.15, 0.2) is 29.0 Å². The molecular formula is C9H10N2OS. The Bertz CT molecular complexity index is 413. The second kappa shape index (κ2) is 3.40. The van der Waals surface area contributed by atoms with Crippen LogP contribution in [-0.2, 0) is 0 Å². The lowest BCUT2D eigenvalue weighted by Crippen LogP contribution is -2.09. The van der Waals surface area contributed by atoms with Crippen LogP contribution in [0.2, 0.25) is 0 Å². The molecule has 1 atom stereocenters. The number of nitrogens with zero attached hydrogens (tertiary/aromatic N) is 1. The van der Waals surface area contributed by atoms with Crippen molar-refractivity contribution in [1.29, 1.82) is 0 Å². The summed E-state index contributed by atoms with van der Waals surface area (Å²) in [4.78, 5) is 4.03. The summed E-state index contributed by atoms with van der Waals surface area (Å²) in [6.45, 7) is 0. The van der Waals surface area contributed by atoms with Crippen molar-refractivity contribution in [2.75, 3.05) is 7.05 Å². The van der Waals surface area contributed by atoms with E-state index in [9.17, 15) is 0 Å². The Balaban J connectivity index is 2.48. The molecule has 2 rings (SSSR count). The predicted octanol–water partition coefficient (Wildman–Crippen LogP) is 1.98. The van der Waals surface area contributed by atoms with Gasteiger partial charge < -0.3 is 9.73 Å². The molecule has 2 aromatic rings. The van der Waals surface area contributed by atoms with Crippen LogP contribution in [-0.4, -0.2) is 12.0 Å². The maximum absolute atomic E-state index is 5.18. The topological polar surface area (TPSA) is 38.1 Å². The van der Waals surface area contributed by atoms with Crippen molar-refractivity contribution < 1.29 is 4.42 Å². The molecule has 1 unspecified atom stereocenters. The molecule has 1 aromatic heterocycles. The second-order valence-corrected chi connectivity index (χ2v) is 3.29.